The zero-order valence-corrected chi connectivity index (χ0v) is 11.8. The second-order valence-electron chi connectivity index (χ2n) is 4.89. The molecule has 2 aromatic rings. The number of nitro benzene ring substituents is 1. The molecule has 0 unspecified atom stereocenters. The van der Waals surface area contributed by atoms with E-state index in [4.69, 9.17) is 4.74 Å². The van der Waals surface area contributed by atoms with Gasteiger partial charge in [0.1, 0.15) is 11.5 Å². The third-order valence-corrected chi connectivity index (χ3v) is 3.09. The van der Waals surface area contributed by atoms with Gasteiger partial charge in [-0.3, -0.25) is 14.9 Å². The lowest BCUT2D eigenvalue weighted by molar-refractivity contribution is -0.385. The molecule has 5 heteroatoms. The van der Waals surface area contributed by atoms with Crippen LogP contribution in [0, 0.1) is 10.1 Å². The second kappa shape index (κ2) is 6.17. The van der Waals surface area contributed by atoms with Gasteiger partial charge in [0, 0.05) is 6.07 Å². The highest BCUT2D eigenvalue weighted by molar-refractivity contribution is 5.82. The molecule has 0 bridgehead atoms. The van der Waals surface area contributed by atoms with Crippen LogP contribution in [0.2, 0.25) is 0 Å². The van der Waals surface area contributed by atoms with Crippen LogP contribution in [-0.2, 0) is 0 Å². The molecule has 0 atom stereocenters. The summed E-state index contributed by atoms with van der Waals surface area (Å²) in [6.07, 6.45) is 0.458. The first-order chi connectivity index (χ1) is 10.0. The molecule has 0 N–H and O–H groups in total. The highest BCUT2D eigenvalue weighted by atomic mass is 16.6. The Bertz CT molecular complexity index is 680. The van der Waals surface area contributed by atoms with Gasteiger partial charge in [-0.1, -0.05) is 32.0 Å². The average Bonchev–Trinajstić information content (AvgIpc) is 2.47. The number of carbonyl (C=O) groups is 1. The van der Waals surface area contributed by atoms with E-state index in [2.05, 4.69) is 13.8 Å². The molecular weight excluding hydrogens is 270 g/mol. The predicted octanol–water partition coefficient (Wildman–Crippen LogP) is 4.32. The molecule has 0 fully saturated rings. The Balaban J connectivity index is 2.37. The van der Waals surface area contributed by atoms with E-state index in [1.54, 1.807) is 0 Å². The fraction of sp³-hybridized carbons (Fsp3) is 0.188. The van der Waals surface area contributed by atoms with Crippen molar-refractivity contribution in [2.75, 3.05) is 0 Å². The number of nitrogens with zero attached hydrogens (tertiary/aromatic N) is 1. The average molecular weight is 285 g/mol. The lowest BCUT2D eigenvalue weighted by Gasteiger charge is -2.13. The van der Waals surface area contributed by atoms with Gasteiger partial charge in [0.05, 0.1) is 10.5 Å². The maximum Gasteiger partial charge on any atom is 0.280 e. The van der Waals surface area contributed by atoms with E-state index in [0.717, 1.165) is 5.56 Å². The Morgan fingerprint density at radius 1 is 1.19 bits per heavy atom. The van der Waals surface area contributed by atoms with Crippen LogP contribution in [0.15, 0.2) is 42.5 Å². The number of nitro groups is 1. The van der Waals surface area contributed by atoms with Crippen LogP contribution < -0.4 is 4.74 Å². The summed E-state index contributed by atoms with van der Waals surface area (Å²) in [5, 5.41) is 10.8. The predicted molar refractivity (Wildman–Crippen MR) is 79.1 cm³/mol. The zero-order chi connectivity index (χ0) is 15.4. The Kier molecular flexibility index (Phi) is 4.33. The first-order valence-electron chi connectivity index (χ1n) is 6.53. The van der Waals surface area contributed by atoms with Crippen molar-refractivity contribution in [2.24, 2.45) is 0 Å². The minimum absolute atomic E-state index is 0.000437. The van der Waals surface area contributed by atoms with Crippen molar-refractivity contribution in [3.63, 3.8) is 0 Å². The number of ether oxygens (including phenoxy) is 1. The molecule has 0 saturated carbocycles. The van der Waals surface area contributed by atoms with Gasteiger partial charge in [-0.2, -0.15) is 0 Å². The van der Waals surface area contributed by atoms with Gasteiger partial charge in [-0.15, -0.1) is 0 Å². The number of rotatable bonds is 5. The summed E-state index contributed by atoms with van der Waals surface area (Å²) in [6, 6.07) is 11.7. The highest BCUT2D eigenvalue weighted by Crippen LogP contribution is 2.32. The summed E-state index contributed by atoms with van der Waals surface area (Å²) in [5.74, 6) is 1.36. The van der Waals surface area contributed by atoms with Gasteiger partial charge in [-0.25, -0.2) is 0 Å². The fourth-order valence-electron chi connectivity index (χ4n) is 2.03. The van der Waals surface area contributed by atoms with Crippen molar-refractivity contribution in [2.45, 2.75) is 19.8 Å². The Hall–Kier alpha value is -2.69. The highest BCUT2D eigenvalue weighted by Gasteiger charge is 2.15. The van der Waals surface area contributed by atoms with E-state index in [1.165, 1.54) is 18.2 Å². The number of aldehydes is 1. The molecule has 2 aromatic carbocycles. The summed E-state index contributed by atoms with van der Waals surface area (Å²) < 4.78 is 5.77. The molecule has 0 aliphatic heterocycles. The van der Waals surface area contributed by atoms with Gasteiger partial charge >= 0.3 is 0 Å². The molecule has 0 aliphatic carbocycles. The molecule has 0 spiro atoms. The first kappa shape index (κ1) is 14.7. The molecule has 0 amide bonds. The minimum Gasteiger partial charge on any atom is -0.457 e. The second-order valence-corrected chi connectivity index (χ2v) is 4.89. The van der Waals surface area contributed by atoms with Gasteiger partial charge < -0.3 is 4.74 Å². The SMILES string of the molecule is CC(C)c1ccccc1Oc1ccc([N+](=O)[O-])c(C=O)c1. The van der Waals surface area contributed by atoms with Crippen LogP contribution in [0.4, 0.5) is 5.69 Å². The summed E-state index contributed by atoms with van der Waals surface area (Å²) in [5.41, 5.74) is 0.803. The van der Waals surface area contributed by atoms with Crippen molar-refractivity contribution in [3.8, 4) is 11.5 Å². The summed E-state index contributed by atoms with van der Waals surface area (Å²) in [4.78, 5) is 21.2. The maximum atomic E-state index is 11.0. The van der Waals surface area contributed by atoms with Crippen LogP contribution in [0.3, 0.4) is 0 Å². The normalized spacial score (nSPS) is 10.4. The van der Waals surface area contributed by atoms with Gasteiger partial charge in [0.15, 0.2) is 6.29 Å². The van der Waals surface area contributed by atoms with Crippen LogP contribution in [0.5, 0.6) is 11.5 Å². The van der Waals surface area contributed by atoms with Gasteiger partial charge in [-0.05, 0) is 29.7 Å². The number of hydrogen-bond donors (Lipinski definition) is 0. The standard InChI is InChI=1S/C16H15NO4/c1-11(2)14-5-3-4-6-16(14)21-13-7-8-15(17(19)20)12(9-13)10-18/h3-11H,1-2H3. The lowest BCUT2D eigenvalue weighted by Crippen LogP contribution is -1.97. The van der Waals surface area contributed by atoms with E-state index >= 15 is 0 Å². The topological polar surface area (TPSA) is 69.4 Å². The van der Waals surface area contributed by atoms with E-state index in [9.17, 15) is 14.9 Å². The molecule has 2 rings (SSSR count). The fourth-order valence-corrected chi connectivity index (χ4v) is 2.03. The molecule has 0 aliphatic rings. The zero-order valence-electron chi connectivity index (χ0n) is 11.8. The van der Waals surface area contributed by atoms with E-state index in [0.29, 0.717) is 17.8 Å². The van der Waals surface area contributed by atoms with Crippen LogP contribution in [0.25, 0.3) is 0 Å². The minimum atomic E-state index is -0.588. The molecule has 0 saturated heterocycles. The van der Waals surface area contributed by atoms with Crippen molar-refractivity contribution in [1.29, 1.82) is 0 Å². The number of benzene rings is 2. The van der Waals surface area contributed by atoms with Gasteiger partial charge in [0.25, 0.3) is 5.69 Å². The van der Waals surface area contributed by atoms with Crippen molar-refractivity contribution >= 4 is 12.0 Å². The maximum absolute atomic E-state index is 11.0. The number of hydrogen-bond acceptors (Lipinski definition) is 4. The Morgan fingerprint density at radius 3 is 2.52 bits per heavy atom. The molecule has 0 heterocycles. The lowest BCUT2D eigenvalue weighted by atomic mass is 10.0. The molecule has 5 nitrogen and oxygen atoms in total. The third kappa shape index (κ3) is 3.25. The molecule has 0 radical (unpaired) electrons. The van der Waals surface area contributed by atoms with Crippen molar-refractivity contribution in [3.05, 3.63) is 63.7 Å². The first-order valence-corrected chi connectivity index (χ1v) is 6.53. The molecule has 0 aromatic heterocycles. The molecule has 108 valence electrons. The smallest absolute Gasteiger partial charge is 0.280 e. The van der Waals surface area contributed by atoms with E-state index < -0.39 is 4.92 Å². The third-order valence-electron chi connectivity index (χ3n) is 3.09. The van der Waals surface area contributed by atoms with Crippen LogP contribution in [-0.4, -0.2) is 11.2 Å². The summed E-state index contributed by atoms with van der Waals surface area (Å²) in [7, 11) is 0. The van der Waals surface area contributed by atoms with Crippen LogP contribution in [0.1, 0.15) is 35.7 Å². The van der Waals surface area contributed by atoms with Crippen molar-refractivity contribution < 1.29 is 14.5 Å². The summed E-state index contributed by atoms with van der Waals surface area (Å²) >= 11 is 0. The Morgan fingerprint density at radius 2 is 1.90 bits per heavy atom. The van der Waals surface area contributed by atoms with Crippen molar-refractivity contribution in [1.82, 2.24) is 0 Å². The largest absolute Gasteiger partial charge is 0.457 e. The van der Waals surface area contributed by atoms with Crippen LogP contribution >= 0.6 is 0 Å². The quantitative estimate of drug-likeness (QED) is 0.466. The summed E-state index contributed by atoms with van der Waals surface area (Å²) in [6.45, 7) is 4.10. The molecular formula is C16H15NO4. The van der Waals surface area contributed by atoms with E-state index in [-0.39, 0.29) is 17.2 Å². The Labute approximate surface area is 122 Å². The van der Waals surface area contributed by atoms with E-state index in [1.807, 2.05) is 24.3 Å². The monoisotopic (exact) mass is 285 g/mol. The number of para-hydroxylation sites is 1. The van der Waals surface area contributed by atoms with Gasteiger partial charge in [0.2, 0.25) is 0 Å². The number of carbonyl (C=O) groups excluding carboxylic acids is 1. The molecule has 21 heavy (non-hydrogen) atoms.